The summed E-state index contributed by atoms with van der Waals surface area (Å²) in [5.41, 5.74) is 4.70. The zero-order valence-electron chi connectivity index (χ0n) is 18.6. The number of carbonyl (C=O) groups excluding carboxylic acids is 4. The van der Waals surface area contributed by atoms with Gasteiger partial charge in [-0.2, -0.15) is 0 Å². The Morgan fingerprint density at radius 2 is 2.03 bits per heavy atom. The summed E-state index contributed by atoms with van der Waals surface area (Å²) in [5.74, 6) is -0.968. The van der Waals surface area contributed by atoms with Crippen LogP contribution in [0.5, 0.6) is 0 Å². The molecule has 2 atom stereocenters. The first-order valence-corrected chi connectivity index (χ1v) is 11.1. The van der Waals surface area contributed by atoms with Crippen molar-refractivity contribution in [3.8, 4) is 0 Å². The van der Waals surface area contributed by atoms with Gasteiger partial charge in [-0.3, -0.25) is 24.7 Å². The highest BCUT2D eigenvalue weighted by molar-refractivity contribution is 6.05. The largest absolute Gasteiger partial charge is 0.363 e. The quantitative estimate of drug-likeness (QED) is 0.518. The fraction of sp³-hybridized carbons (Fsp3) is 0.292. The first kappa shape index (κ1) is 21.6. The van der Waals surface area contributed by atoms with Crippen molar-refractivity contribution >= 4 is 41.3 Å². The lowest BCUT2D eigenvalue weighted by Crippen LogP contribution is -2.52. The lowest BCUT2D eigenvalue weighted by Gasteiger charge is -2.29. The SMILES string of the molecule is CC1N=Cc2ccc(NC(=O)NCc3ccc4c(c3)CN(C3CCC(=O)NC3=O)C4=O)cc2N1. The van der Waals surface area contributed by atoms with Gasteiger partial charge in [0.05, 0.1) is 0 Å². The number of anilines is 2. The van der Waals surface area contributed by atoms with Crippen molar-refractivity contribution in [3.05, 3.63) is 58.7 Å². The Bertz CT molecular complexity index is 1240. The number of rotatable bonds is 4. The van der Waals surface area contributed by atoms with E-state index in [1.54, 1.807) is 18.3 Å². The summed E-state index contributed by atoms with van der Waals surface area (Å²) in [6.45, 7) is 2.52. The lowest BCUT2D eigenvalue weighted by molar-refractivity contribution is -0.136. The number of nitrogens with one attached hydrogen (secondary N) is 4. The number of hydrogen-bond acceptors (Lipinski definition) is 6. The molecule has 0 bridgehead atoms. The van der Waals surface area contributed by atoms with E-state index in [9.17, 15) is 19.2 Å². The Morgan fingerprint density at radius 1 is 1.18 bits per heavy atom. The van der Waals surface area contributed by atoms with Gasteiger partial charge in [0.2, 0.25) is 11.8 Å². The van der Waals surface area contributed by atoms with Gasteiger partial charge in [0.15, 0.2) is 0 Å². The molecule has 0 aromatic heterocycles. The molecule has 1 saturated heterocycles. The summed E-state index contributed by atoms with van der Waals surface area (Å²) in [5, 5.41) is 11.2. The number of nitrogens with zero attached hydrogens (tertiary/aromatic N) is 2. The molecule has 2 aromatic carbocycles. The van der Waals surface area contributed by atoms with Crippen molar-refractivity contribution in [2.75, 3.05) is 10.6 Å². The van der Waals surface area contributed by atoms with Crippen molar-refractivity contribution in [1.29, 1.82) is 0 Å². The van der Waals surface area contributed by atoms with Gasteiger partial charge in [0, 0.05) is 48.2 Å². The van der Waals surface area contributed by atoms with E-state index in [2.05, 4.69) is 26.3 Å². The molecule has 10 heteroatoms. The second-order valence-electron chi connectivity index (χ2n) is 8.60. The highest BCUT2D eigenvalue weighted by Crippen LogP contribution is 2.28. The molecule has 4 N–H and O–H groups in total. The molecule has 3 aliphatic heterocycles. The van der Waals surface area contributed by atoms with Crippen LogP contribution in [0.4, 0.5) is 16.2 Å². The van der Waals surface area contributed by atoms with Gasteiger partial charge >= 0.3 is 6.03 Å². The molecule has 5 rings (SSSR count). The Hall–Kier alpha value is -4.21. The molecule has 3 heterocycles. The average Bonchev–Trinajstić information content (AvgIpc) is 3.13. The van der Waals surface area contributed by atoms with Crippen LogP contribution in [0.1, 0.15) is 46.8 Å². The minimum absolute atomic E-state index is 0.0193. The van der Waals surface area contributed by atoms with Crippen molar-refractivity contribution < 1.29 is 19.2 Å². The number of amides is 5. The first-order valence-electron chi connectivity index (χ1n) is 11.1. The van der Waals surface area contributed by atoms with E-state index in [-0.39, 0.29) is 37.0 Å². The standard InChI is InChI=1S/C24H24N6O4/c1-13-25-11-15-3-4-17(9-19(15)27-13)28-24(34)26-10-14-2-5-18-16(8-14)12-30(23(18)33)20-6-7-21(31)29-22(20)32/h2-5,8-9,11,13,20,27H,6-7,10,12H2,1H3,(H2,26,28,34)(H,29,31,32). The van der Waals surface area contributed by atoms with Crippen molar-refractivity contribution in [2.45, 2.75) is 45.1 Å². The molecule has 2 aromatic rings. The van der Waals surface area contributed by atoms with Gasteiger partial charge in [-0.1, -0.05) is 12.1 Å². The number of benzene rings is 2. The molecule has 1 fully saturated rings. The van der Waals surface area contributed by atoms with E-state index in [0.717, 1.165) is 22.4 Å². The van der Waals surface area contributed by atoms with Crippen molar-refractivity contribution in [3.63, 3.8) is 0 Å². The number of piperidine rings is 1. The third-order valence-corrected chi connectivity index (χ3v) is 6.15. The van der Waals surface area contributed by atoms with Gasteiger partial charge in [0.25, 0.3) is 5.91 Å². The van der Waals surface area contributed by atoms with E-state index in [4.69, 9.17) is 0 Å². The van der Waals surface area contributed by atoms with E-state index < -0.39 is 11.9 Å². The molecular weight excluding hydrogens is 436 g/mol. The van der Waals surface area contributed by atoms with Crippen LogP contribution in [0.2, 0.25) is 0 Å². The summed E-state index contributed by atoms with van der Waals surface area (Å²) in [4.78, 5) is 54.6. The molecule has 10 nitrogen and oxygen atoms in total. The van der Waals surface area contributed by atoms with Crippen LogP contribution in [-0.4, -0.2) is 47.1 Å². The van der Waals surface area contributed by atoms with Crippen LogP contribution in [0.25, 0.3) is 0 Å². The Morgan fingerprint density at radius 3 is 2.85 bits per heavy atom. The summed E-state index contributed by atoms with van der Waals surface area (Å²) < 4.78 is 0. The number of carbonyl (C=O) groups is 4. The van der Waals surface area contributed by atoms with Crippen LogP contribution in [0.15, 0.2) is 41.4 Å². The number of urea groups is 1. The van der Waals surface area contributed by atoms with E-state index in [1.165, 1.54) is 4.90 Å². The van der Waals surface area contributed by atoms with Gasteiger partial charge in [-0.25, -0.2) is 4.79 Å². The first-order chi connectivity index (χ1) is 16.4. The molecule has 5 amide bonds. The van der Waals surface area contributed by atoms with Crippen LogP contribution in [-0.2, 0) is 22.7 Å². The predicted molar refractivity (Wildman–Crippen MR) is 125 cm³/mol. The molecule has 174 valence electrons. The van der Waals surface area contributed by atoms with Crippen LogP contribution in [0.3, 0.4) is 0 Å². The Labute approximate surface area is 195 Å². The zero-order chi connectivity index (χ0) is 23.8. The van der Waals surface area contributed by atoms with E-state index in [0.29, 0.717) is 24.2 Å². The number of hydrogen-bond donors (Lipinski definition) is 4. The molecule has 0 saturated carbocycles. The summed E-state index contributed by atoms with van der Waals surface area (Å²) in [6.07, 6.45) is 2.32. The minimum Gasteiger partial charge on any atom is -0.363 e. The molecular formula is C24H24N6O4. The minimum atomic E-state index is -0.648. The maximum absolute atomic E-state index is 12.8. The second kappa shape index (κ2) is 8.62. The monoisotopic (exact) mass is 460 g/mol. The lowest BCUT2D eigenvalue weighted by atomic mass is 10.0. The van der Waals surface area contributed by atoms with Gasteiger partial charge in [-0.05, 0) is 48.7 Å². The third-order valence-electron chi connectivity index (χ3n) is 6.15. The Kier molecular flexibility index (Phi) is 5.48. The molecule has 0 aliphatic carbocycles. The van der Waals surface area contributed by atoms with Gasteiger partial charge < -0.3 is 20.9 Å². The van der Waals surface area contributed by atoms with Gasteiger partial charge in [0.1, 0.15) is 12.2 Å². The zero-order valence-corrected chi connectivity index (χ0v) is 18.6. The number of aliphatic imine (C=N–C) groups is 1. The summed E-state index contributed by atoms with van der Waals surface area (Å²) >= 11 is 0. The fourth-order valence-corrected chi connectivity index (χ4v) is 4.42. The molecule has 0 radical (unpaired) electrons. The smallest absolute Gasteiger partial charge is 0.319 e. The average molecular weight is 460 g/mol. The van der Waals surface area contributed by atoms with Crippen molar-refractivity contribution in [2.24, 2.45) is 4.99 Å². The maximum Gasteiger partial charge on any atom is 0.319 e. The molecule has 3 aliphatic rings. The molecule has 0 spiro atoms. The summed E-state index contributed by atoms with van der Waals surface area (Å²) in [7, 11) is 0. The molecule has 2 unspecified atom stereocenters. The van der Waals surface area contributed by atoms with Crippen LogP contribution < -0.4 is 21.3 Å². The van der Waals surface area contributed by atoms with E-state index in [1.807, 2.05) is 31.2 Å². The van der Waals surface area contributed by atoms with Crippen LogP contribution in [0, 0.1) is 0 Å². The Balaban J connectivity index is 1.20. The van der Waals surface area contributed by atoms with Crippen LogP contribution >= 0.6 is 0 Å². The van der Waals surface area contributed by atoms with Gasteiger partial charge in [-0.15, -0.1) is 0 Å². The highest BCUT2D eigenvalue weighted by Gasteiger charge is 2.39. The number of fused-ring (bicyclic) bond motifs is 2. The normalized spacial score (nSPS) is 20.9. The highest BCUT2D eigenvalue weighted by atomic mass is 16.2. The van der Waals surface area contributed by atoms with E-state index >= 15 is 0 Å². The molecule has 34 heavy (non-hydrogen) atoms. The summed E-state index contributed by atoms with van der Waals surface area (Å²) in [6, 6.07) is 9.94. The maximum atomic E-state index is 12.8. The fourth-order valence-electron chi connectivity index (χ4n) is 4.42. The number of imide groups is 1. The topological polar surface area (TPSA) is 132 Å². The second-order valence-corrected chi connectivity index (χ2v) is 8.60. The third kappa shape index (κ3) is 4.21. The van der Waals surface area contributed by atoms with Crippen molar-refractivity contribution in [1.82, 2.24) is 15.5 Å². The predicted octanol–water partition coefficient (Wildman–Crippen LogP) is 1.96.